The Kier molecular flexibility index (Phi) is 7.29. The van der Waals surface area contributed by atoms with Gasteiger partial charge in [0, 0.05) is 12.8 Å². The van der Waals surface area contributed by atoms with E-state index in [0.717, 1.165) is 6.42 Å². The molecule has 1 fully saturated rings. The number of alkyl halides is 2. The van der Waals surface area contributed by atoms with Crippen molar-refractivity contribution in [3.63, 3.8) is 0 Å². The third-order valence-corrected chi connectivity index (χ3v) is 4.04. The molecule has 0 heterocycles. The number of carbonyl (C=O) groups is 1. The van der Waals surface area contributed by atoms with E-state index in [9.17, 15) is 8.78 Å². The van der Waals surface area contributed by atoms with Crippen molar-refractivity contribution in [3.8, 4) is 0 Å². The van der Waals surface area contributed by atoms with Crippen LogP contribution in [-0.2, 0) is 4.79 Å². The second-order valence-electron chi connectivity index (χ2n) is 5.42. The summed E-state index contributed by atoms with van der Waals surface area (Å²) in [6.45, 7) is 0.618. The molecule has 0 spiro atoms. The van der Waals surface area contributed by atoms with Crippen molar-refractivity contribution < 1.29 is 13.6 Å². The number of nitrogens with two attached hydrogens (primary N) is 2. The van der Waals surface area contributed by atoms with E-state index >= 15 is 0 Å². The molecule has 1 aliphatic carbocycles. The molecule has 2 rings (SSSR count). The van der Waals surface area contributed by atoms with E-state index in [2.05, 4.69) is 17.9 Å². The molecule has 0 bridgehead atoms. The van der Waals surface area contributed by atoms with Gasteiger partial charge in [-0.3, -0.25) is 4.79 Å². The second-order valence-corrected chi connectivity index (χ2v) is 5.42. The van der Waals surface area contributed by atoms with Gasteiger partial charge in [-0.05, 0) is 43.2 Å². The van der Waals surface area contributed by atoms with Crippen LogP contribution in [0.2, 0.25) is 0 Å². The van der Waals surface area contributed by atoms with Crippen molar-refractivity contribution in [1.29, 1.82) is 0 Å². The Morgan fingerprint density at radius 2 is 1.76 bits per heavy atom. The quantitative estimate of drug-likeness (QED) is 0.839. The van der Waals surface area contributed by atoms with Crippen LogP contribution in [0, 0.1) is 5.92 Å². The van der Waals surface area contributed by atoms with Crippen molar-refractivity contribution in [2.45, 2.75) is 43.9 Å². The third kappa shape index (κ3) is 5.79. The lowest BCUT2D eigenvalue weighted by atomic mass is 9.74. The van der Waals surface area contributed by atoms with Gasteiger partial charge < -0.3 is 11.5 Å². The van der Waals surface area contributed by atoms with Crippen LogP contribution in [0.15, 0.2) is 30.3 Å². The van der Waals surface area contributed by atoms with Crippen LogP contribution in [0.4, 0.5) is 8.78 Å². The zero-order valence-electron chi connectivity index (χ0n) is 12.2. The van der Waals surface area contributed by atoms with Gasteiger partial charge in [-0.25, -0.2) is 8.78 Å². The van der Waals surface area contributed by atoms with Gasteiger partial charge in [-0.15, -0.1) is 0 Å². The fourth-order valence-electron chi connectivity index (χ4n) is 3.02. The van der Waals surface area contributed by atoms with Crippen LogP contribution < -0.4 is 11.5 Å². The monoisotopic (exact) mass is 298 g/mol. The van der Waals surface area contributed by atoms with E-state index in [-0.39, 0.29) is 19.3 Å². The number of hydrogen-bond acceptors (Lipinski definition) is 2. The Morgan fingerprint density at radius 3 is 2.24 bits per heavy atom. The Labute approximate surface area is 124 Å². The van der Waals surface area contributed by atoms with Crippen LogP contribution >= 0.6 is 0 Å². The summed E-state index contributed by atoms with van der Waals surface area (Å²) >= 11 is 0. The first-order valence-corrected chi connectivity index (χ1v) is 7.32. The largest absolute Gasteiger partial charge is 0.372 e. The lowest BCUT2D eigenvalue weighted by Gasteiger charge is -2.34. The van der Waals surface area contributed by atoms with E-state index in [0.29, 0.717) is 31.2 Å². The van der Waals surface area contributed by atoms with E-state index in [4.69, 9.17) is 10.5 Å². The molecule has 1 aliphatic rings. The van der Waals surface area contributed by atoms with Crippen LogP contribution in [0.3, 0.4) is 0 Å². The highest BCUT2D eigenvalue weighted by Crippen LogP contribution is 2.43. The molecule has 0 aliphatic heterocycles. The lowest BCUT2D eigenvalue weighted by Crippen LogP contribution is -2.28. The fraction of sp³-hybridized carbons (Fsp3) is 0.562. The maximum Gasteiger partial charge on any atom is 0.248 e. The van der Waals surface area contributed by atoms with Crippen molar-refractivity contribution in [2.24, 2.45) is 17.4 Å². The van der Waals surface area contributed by atoms with E-state index < -0.39 is 5.92 Å². The van der Waals surface area contributed by atoms with Gasteiger partial charge >= 0.3 is 0 Å². The number of benzene rings is 1. The summed E-state index contributed by atoms with van der Waals surface area (Å²) in [4.78, 5) is 8.58. The minimum Gasteiger partial charge on any atom is -0.372 e. The molecule has 1 aromatic rings. The normalized spacial score (nSPS) is 19.2. The highest BCUT2D eigenvalue weighted by Gasteiger charge is 2.37. The minimum atomic E-state index is -2.44. The molecule has 5 heteroatoms. The molecule has 0 radical (unpaired) electrons. The third-order valence-electron chi connectivity index (χ3n) is 4.04. The number of amides is 1. The number of rotatable bonds is 4. The Hall–Kier alpha value is -1.49. The van der Waals surface area contributed by atoms with Crippen molar-refractivity contribution >= 4 is 6.41 Å². The lowest BCUT2D eigenvalue weighted by molar-refractivity contribution is -0.106. The van der Waals surface area contributed by atoms with Gasteiger partial charge in [0.25, 0.3) is 0 Å². The maximum atomic E-state index is 13.2. The van der Waals surface area contributed by atoms with Crippen LogP contribution in [0.5, 0.6) is 0 Å². The number of hydrogen-bond donors (Lipinski definition) is 2. The summed E-state index contributed by atoms with van der Waals surface area (Å²) in [6.07, 6.45) is 2.44. The molecule has 0 aromatic heterocycles. The number of primary amides is 1. The average Bonchev–Trinajstić information content (AvgIpc) is 2.47. The van der Waals surface area contributed by atoms with Gasteiger partial charge in [0.2, 0.25) is 12.3 Å². The minimum absolute atomic E-state index is 0.0333. The highest BCUT2D eigenvalue weighted by atomic mass is 19.3. The standard InChI is InChI=1S/C15H21F2N.CH3NO/c16-15(17)9-6-13(7-10-15)14(8-11-18)12-4-2-1-3-5-12;2-1-3/h1-5,13-14H,6-11,18H2;1H,(H2,2,3). The summed E-state index contributed by atoms with van der Waals surface area (Å²) < 4.78 is 26.4. The molecular weight excluding hydrogens is 274 g/mol. The fourth-order valence-corrected chi connectivity index (χ4v) is 3.02. The SMILES string of the molecule is NC=O.NCCC(c1ccccc1)C1CCC(F)(F)CC1. The van der Waals surface area contributed by atoms with Gasteiger partial charge in [0.05, 0.1) is 0 Å². The predicted molar refractivity (Wildman–Crippen MR) is 80.0 cm³/mol. The smallest absolute Gasteiger partial charge is 0.248 e. The molecular formula is C16H24F2N2O. The van der Waals surface area contributed by atoms with Crippen LogP contribution in [0.25, 0.3) is 0 Å². The molecule has 118 valence electrons. The summed E-state index contributed by atoms with van der Waals surface area (Å²) in [5, 5.41) is 0. The molecule has 4 N–H and O–H groups in total. The first-order valence-electron chi connectivity index (χ1n) is 7.32. The van der Waals surface area contributed by atoms with Crippen LogP contribution in [0.1, 0.15) is 43.6 Å². The molecule has 1 aromatic carbocycles. The van der Waals surface area contributed by atoms with Gasteiger partial charge in [-0.1, -0.05) is 30.3 Å². The average molecular weight is 298 g/mol. The summed E-state index contributed by atoms with van der Waals surface area (Å²) in [7, 11) is 0. The first kappa shape index (κ1) is 17.6. The Morgan fingerprint density at radius 1 is 1.24 bits per heavy atom. The van der Waals surface area contributed by atoms with E-state index in [1.54, 1.807) is 0 Å². The molecule has 1 amide bonds. The van der Waals surface area contributed by atoms with Crippen molar-refractivity contribution in [1.82, 2.24) is 0 Å². The Balaban J connectivity index is 0.000000677. The number of carbonyl (C=O) groups excluding carboxylic acids is 1. The molecule has 0 saturated heterocycles. The van der Waals surface area contributed by atoms with Crippen molar-refractivity contribution in [2.75, 3.05) is 6.54 Å². The zero-order valence-corrected chi connectivity index (χ0v) is 12.2. The van der Waals surface area contributed by atoms with E-state index in [1.807, 2.05) is 18.2 Å². The summed E-state index contributed by atoms with van der Waals surface area (Å²) in [5.41, 5.74) is 11.1. The Bertz CT molecular complexity index is 402. The zero-order chi connectivity index (χ0) is 15.7. The molecule has 3 nitrogen and oxygen atoms in total. The molecule has 1 saturated carbocycles. The number of halogens is 2. The van der Waals surface area contributed by atoms with Gasteiger partial charge in [0.1, 0.15) is 0 Å². The second kappa shape index (κ2) is 8.72. The predicted octanol–water partition coefficient (Wildman–Crippen LogP) is 3.05. The molecule has 1 unspecified atom stereocenters. The van der Waals surface area contributed by atoms with E-state index in [1.165, 1.54) is 5.56 Å². The van der Waals surface area contributed by atoms with Crippen molar-refractivity contribution in [3.05, 3.63) is 35.9 Å². The maximum absolute atomic E-state index is 13.2. The summed E-state index contributed by atoms with van der Waals surface area (Å²) in [5.74, 6) is -1.75. The van der Waals surface area contributed by atoms with Gasteiger partial charge in [0.15, 0.2) is 0 Å². The van der Waals surface area contributed by atoms with Crippen LogP contribution in [-0.4, -0.2) is 18.9 Å². The summed E-state index contributed by atoms with van der Waals surface area (Å²) in [6, 6.07) is 10.2. The first-order chi connectivity index (χ1) is 10.0. The molecule has 21 heavy (non-hydrogen) atoms. The topological polar surface area (TPSA) is 69.1 Å². The highest BCUT2D eigenvalue weighted by molar-refractivity contribution is 5.42. The van der Waals surface area contributed by atoms with Gasteiger partial charge in [-0.2, -0.15) is 0 Å². The molecule has 1 atom stereocenters.